The summed E-state index contributed by atoms with van der Waals surface area (Å²) < 4.78 is 0. The number of thiocarbonyl (C=S) groups is 2. The summed E-state index contributed by atoms with van der Waals surface area (Å²) in [5.41, 5.74) is 12.0. The molecule has 134 valence electrons. The molecule has 2 rings (SSSR count). The van der Waals surface area contributed by atoms with Crippen LogP contribution in [-0.4, -0.2) is 22.2 Å². The van der Waals surface area contributed by atoms with Crippen molar-refractivity contribution in [3.63, 3.8) is 0 Å². The highest BCUT2D eigenvalue weighted by atomic mass is 32.1. The minimum absolute atomic E-state index is 0.0872. The van der Waals surface area contributed by atoms with Gasteiger partial charge in [0, 0.05) is 11.4 Å². The van der Waals surface area contributed by atoms with Crippen LogP contribution in [-0.2, 0) is 4.79 Å². The Balaban J connectivity index is 1.97. The Bertz CT molecular complexity index is 842. The quantitative estimate of drug-likeness (QED) is 0.368. The highest BCUT2D eigenvalue weighted by molar-refractivity contribution is 7.82. The molecule has 0 aliphatic heterocycles. The second-order valence-corrected chi connectivity index (χ2v) is 6.38. The largest absolute Gasteiger partial charge is 0.375 e. The van der Waals surface area contributed by atoms with Crippen molar-refractivity contribution in [3.05, 3.63) is 59.2 Å². The van der Waals surface area contributed by atoms with E-state index in [2.05, 4.69) is 33.4 Å². The van der Waals surface area contributed by atoms with E-state index in [9.17, 15) is 4.79 Å². The summed E-state index contributed by atoms with van der Waals surface area (Å²) in [6, 6.07) is 13.0. The Hall–Kier alpha value is -2.84. The standard InChI is InChI=1S/C18H19N5OS2/c1-11-4-3-5-12(2)15(11)22-16(24)17(25)21-14-8-6-13(7-9-14)10-20-23-18(19)26/h3-10H,1-2H3,(H,21,25)(H,22,24)(H3,19,23,26)/b20-10-. The summed E-state index contributed by atoms with van der Waals surface area (Å²) in [5.74, 6) is -0.358. The first-order chi connectivity index (χ1) is 12.4. The SMILES string of the molecule is Cc1cccc(C)c1NC(=O)C(=S)Nc1ccc(/C=N\NC(N)=S)cc1. The predicted molar refractivity (Wildman–Crippen MR) is 115 cm³/mol. The summed E-state index contributed by atoms with van der Waals surface area (Å²) in [4.78, 5) is 12.4. The third-order valence-corrected chi connectivity index (χ3v) is 3.86. The fourth-order valence-corrected chi connectivity index (χ4v) is 2.41. The van der Waals surface area contributed by atoms with Crippen LogP contribution in [0.15, 0.2) is 47.6 Å². The smallest absolute Gasteiger partial charge is 0.283 e. The zero-order valence-electron chi connectivity index (χ0n) is 14.4. The minimum atomic E-state index is -0.358. The molecule has 0 fully saturated rings. The number of amides is 1. The molecule has 1 amide bonds. The third-order valence-electron chi connectivity index (χ3n) is 3.48. The van der Waals surface area contributed by atoms with Crippen LogP contribution in [0.4, 0.5) is 11.4 Å². The van der Waals surface area contributed by atoms with E-state index in [1.807, 2.05) is 44.2 Å². The molecule has 0 unspecified atom stereocenters. The summed E-state index contributed by atoms with van der Waals surface area (Å²) in [5, 5.41) is 9.74. The van der Waals surface area contributed by atoms with Crippen LogP contribution in [0.2, 0.25) is 0 Å². The van der Waals surface area contributed by atoms with Crippen LogP contribution in [0.3, 0.4) is 0 Å². The lowest BCUT2D eigenvalue weighted by atomic mass is 10.1. The fraction of sp³-hybridized carbons (Fsp3) is 0.111. The van der Waals surface area contributed by atoms with E-state index in [-0.39, 0.29) is 16.0 Å². The van der Waals surface area contributed by atoms with Crippen LogP contribution in [0.5, 0.6) is 0 Å². The monoisotopic (exact) mass is 385 g/mol. The molecule has 0 aliphatic rings. The van der Waals surface area contributed by atoms with Crippen LogP contribution in [0.25, 0.3) is 0 Å². The first kappa shape index (κ1) is 19.5. The van der Waals surface area contributed by atoms with Crippen molar-refractivity contribution in [2.24, 2.45) is 10.8 Å². The summed E-state index contributed by atoms with van der Waals surface area (Å²) in [6.45, 7) is 3.87. The molecule has 0 spiro atoms. The van der Waals surface area contributed by atoms with E-state index in [0.717, 1.165) is 22.4 Å². The molecule has 26 heavy (non-hydrogen) atoms. The van der Waals surface area contributed by atoms with Gasteiger partial charge in [0.2, 0.25) is 0 Å². The van der Waals surface area contributed by atoms with Crippen LogP contribution in [0, 0.1) is 13.8 Å². The number of carbonyl (C=O) groups is 1. The minimum Gasteiger partial charge on any atom is -0.375 e. The number of aryl methyl sites for hydroxylation is 2. The predicted octanol–water partition coefficient (Wildman–Crippen LogP) is 2.85. The van der Waals surface area contributed by atoms with Gasteiger partial charge in [-0.05, 0) is 54.9 Å². The number of hydrazone groups is 1. The number of nitrogens with zero attached hydrogens (tertiary/aromatic N) is 1. The van der Waals surface area contributed by atoms with Gasteiger partial charge in [-0.2, -0.15) is 5.10 Å². The summed E-state index contributed by atoms with van der Waals surface area (Å²) >= 11 is 9.85. The van der Waals surface area contributed by atoms with Crippen LogP contribution >= 0.6 is 24.4 Å². The number of para-hydroxylation sites is 1. The normalized spacial score (nSPS) is 10.4. The molecule has 0 radical (unpaired) electrons. The van der Waals surface area contributed by atoms with Crippen molar-refractivity contribution in [1.82, 2.24) is 5.43 Å². The van der Waals surface area contributed by atoms with Gasteiger partial charge < -0.3 is 16.4 Å². The van der Waals surface area contributed by atoms with Gasteiger partial charge in [0.05, 0.1) is 6.21 Å². The number of nitrogens with two attached hydrogens (primary N) is 1. The van der Waals surface area contributed by atoms with E-state index in [1.165, 1.54) is 0 Å². The second kappa shape index (κ2) is 9.02. The Labute approximate surface area is 162 Å². The molecular weight excluding hydrogens is 366 g/mol. The molecule has 0 bridgehead atoms. The molecule has 0 atom stereocenters. The molecule has 6 nitrogen and oxygen atoms in total. The molecule has 2 aromatic rings. The molecule has 0 saturated heterocycles. The number of hydrogen-bond acceptors (Lipinski definition) is 4. The van der Waals surface area contributed by atoms with Crippen molar-refractivity contribution < 1.29 is 4.79 Å². The van der Waals surface area contributed by atoms with Gasteiger partial charge in [-0.25, -0.2) is 0 Å². The number of nitrogens with one attached hydrogen (secondary N) is 3. The fourth-order valence-electron chi connectivity index (χ4n) is 2.19. The number of hydrogen-bond donors (Lipinski definition) is 4. The zero-order valence-corrected chi connectivity index (χ0v) is 16.0. The maximum atomic E-state index is 12.3. The Morgan fingerprint density at radius 3 is 2.23 bits per heavy atom. The van der Waals surface area contributed by atoms with E-state index in [1.54, 1.807) is 18.3 Å². The van der Waals surface area contributed by atoms with Gasteiger partial charge in [-0.15, -0.1) is 0 Å². The Morgan fingerprint density at radius 1 is 1.04 bits per heavy atom. The average Bonchev–Trinajstić information content (AvgIpc) is 2.59. The number of rotatable bonds is 4. The maximum absolute atomic E-state index is 12.3. The van der Waals surface area contributed by atoms with Crippen molar-refractivity contribution >= 4 is 58.0 Å². The van der Waals surface area contributed by atoms with E-state index < -0.39 is 0 Å². The highest BCUT2D eigenvalue weighted by Gasteiger charge is 2.12. The van der Waals surface area contributed by atoms with E-state index in [4.69, 9.17) is 18.0 Å². The van der Waals surface area contributed by atoms with Crippen molar-refractivity contribution in [3.8, 4) is 0 Å². The number of benzene rings is 2. The lowest BCUT2D eigenvalue weighted by molar-refractivity contribution is -0.110. The maximum Gasteiger partial charge on any atom is 0.283 e. The van der Waals surface area contributed by atoms with Crippen LogP contribution in [0.1, 0.15) is 16.7 Å². The number of anilines is 2. The van der Waals surface area contributed by atoms with Crippen LogP contribution < -0.4 is 21.8 Å². The lowest BCUT2D eigenvalue weighted by Gasteiger charge is -2.13. The molecule has 0 aromatic heterocycles. The molecule has 8 heteroatoms. The van der Waals surface area contributed by atoms with Crippen molar-refractivity contribution in [1.29, 1.82) is 0 Å². The lowest BCUT2D eigenvalue weighted by Crippen LogP contribution is -2.28. The average molecular weight is 386 g/mol. The van der Waals surface area contributed by atoms with Gasteiger partial charge in [0.15, 0.2) is 10.1 Å². The molecule has 0 aliphatic carbocycles. The van der Waals surface area contributed by atoms with Gasteiger partial charge in [-0.3, -0.25) is 10.2 Å². The first-order valence-corrected chi connectivity index (χ1v) is 8.55. The Kier molecular flexibility index (Phi) is 6.76. The van der Waals surface area contributed by atoms with Crippen molar-refractivity contribution in [2.45, 2.75) is 13.8 Å². The third kappa shape index (κ3) is 5.61. The van der Waals surface area contributed by atoms with Gasteiger partial charge >= 0.3 is 0 Å². The van der Waals surface area contributed by atoms with Gasteiger partial charge in [-0.1, -0.05) is 42.5 Å². The van der Waals surface area contributed by atoms with E-state index in [0.29, 0.717) is 5.69 Å². The molecule has 0 saturated carbocycles. The summed E-state index contributed by atoms with van der Waals surface area (Å²) in [6.07, 6.45) is 1.58. The molecular formula is C18H19N5OS2. The Morgan fingerprint density at radius 2 is 1.65 bits per heavy atom. The first-order valence-electron chi connectivity index (χ1n) is 7.74. The summed E-state index contributed by atoms with van der Waals surface area (Å²) in [7, 11) is 0. The highest BCUT2D eigenvalue weighted by Crippen LogP contribution is 2.19. The molecule has 2 aromatic carbocycles. The van der Waals surface area contributed by atoms with Gasteiger partial charge in [0.25, 0.3) is 5.91 Å². The molecule has 0 heterocycles. The molecule has 5 N–H and O–H groups in total. The zero-order chi connectivity index (χ0) is 19.1. The second-order valence-electron chi connectivity index (χ2n) is 5.53. The topological polar surface area (TPSA) is 91.5 Å². The van der Waals surface area contributed by atoms with E-state index >= 15 is 0 Å². The van der Waals surface area contributed by atoms with Gasteiger partial charge in [0.1, 0.15) is 0 Å². The van der Waals surface area contributed by atoms with Crippen molar-refractivity contribution in [2.75, 3.05) is 10.6 Å². The number of carbonyl (C=O) groups excluding carboxylic acids is 1.